The van der Waals surface area contributed by atoms with Crippen molar-refractivity contribution in [2.45, 2.75) is 20.3 Å². The summed E-state index contributed by atoms with van der Waals surface area (Å²) in [6.45, 7) is 12.2. The van der Waals surface area contributed by atoms with Gasteiger partial charge in [-0.2, -0.15) is 0 Å². The number of benzene rings is 1. The maximum atomic E-state index is 12.9. The van der Waals surface area contributed by atoms with Crippen LogP contribution in [0.4, 0.5) is 0 Å². The maximum Gasteiger partial charge on any atom is 0.227 e. The number of fused-ring (bicyclic) bond motifs is 1. The number of aromatic nitrogens is 1. The summed E-state index contributed by atoms with van der Waals surface area (Å²) in [5, 5.41) is 2.26. The number of nitrogens with zero attached hydrogens (tertiary/aromatic N) is 4. The molecule has 5 nitrogen and oxygen atoms in total. The molecular formula is C21H30N4O. The number of hydrogen-bond acceptors (Lipinski definition) is 4. The van der Waals surface area contributed by atoms with E-state index in [9.17, 15) is 4.79 Å². The Morgan fingerprint density at radius 3 is 2.23 bits per heavy atom. The predicted octanol–water partition coefficient (Wildman–Crippen LogP) is 2.26. The minimum atomic E-state index is 0.229. The summed E-state index contributed by atoms with van der Waals surface area (Å²) in [5.74, 6) is 0.229. The molecule has 1 aliphatic rings. The number of hydrogen-bond donors (Lipinski definition) is 0. The van der Waals surface area contributed by atoms with E-state index in [4.69, 9.17) is 0 Å². The first-order valence-electron chi connectivity index (χ1n) is 9.74. The lowest BCUT2D eigenvalue weighted by Crippen LogP contribution is -2.40. The third kappa shape index (κ3) is 4.80. The Morgan fingerprint density at radius 1 is 0.923 bits per heavy atom. The molecule has 26 heavy (non-hydrogen) atoms. The average Bonchev–Trinajstić information content (AvgIpc) is 2.78. The smallest absolute Gasteiger partial charge is 0.227 e. The second-order valence-electron chi connectivity index (χ2n) is 6.98. The minimum absolute atomic E-state index is 0.229. The van der Waals surface area contributed by atoms with E-state index in [1.54, 1.807) is 6.20 Å². The Hall–Kier alpha value is -1.98. The molecule has 1 amide bonds. The van der Waals surface area contributed by atoms with Crippen molar-refractivity contribution < 1.29 is 4.79 Å². The van der Waals surface area contributed by atoms with Crippen LogP contribution in [-0.4, -0.2) is 77.9 Å². The summed E-state index contributed by atoms with van der Waals surface area (Å²) in [7, 11) is 0. The summed E-state index contributed by atoms with van der Waals surface area (Å²) in [6.07, 6.45) is 4.13. The fourth-order valence-electron chi connectivity index (χ4n) is 3.55. The molecular weight excluding hydrogens is 324 g/mol. The molecule has 0 radical (unpaired) electrons. The SMILES string of the molecule is CCN1CCN(CC)CCN(C(=O)Cc2ccc3cnccc3c2)CC1. The van der Waals surface area contributed by atoms with Gasteiger partial charge in [0.2, 0.25) is 5.91 Å². The van der Waals surface area contributed by atoms with Gasteiger partial charge in [-0.05, 0) is 30.1 Å². The zero-order chi connectivity index (χ0) is 18.4. The molecule has 1 aromatic heterocycles. The van der Waals surface area contributed by atoms with Gasteiger partial charge in [0.25, 0.3) is 0 Å². The quantitative estimate of drug-likeness (QED) is 0.844. The van der Waals surface area contributed by atoms with Crippen LogP contribution in [0.5, 0.6) is 0 Å². The topological polar surface area (TPSA) is 39.7 Å². The molecule has 0 unspecified atom stereocenters. The van der Waals surface area contributed by atoms with E-state index in [2.05, 4.69) is 46.8 Å². The highest BCUT2D eigenvalue weighted by Gasteiger charge is 2.19. The lowest BCUT2D eigenvalue weighted by Gasteiger charge is -2.25. The van der Waals surface area contributed by atoms with Gasteiger partial charge in [-0.25, -0.2) is 0 Å². The molecule has 0 spiro atoms. The van der Waals surface area contributed by atoms with Crippen LogP contribution in [0.1, 0.15) is 19.4 Å². The van der Waals surface area contributed by atoms with Crippen molar-refractivity contribution in [1.82, 2.24) is 19.7 Å². The van der Waals surface area contributed by atoms with Gasteiger partial charge < -0.3 is 14.7 Å². The second kappa shape index (κ2) is 9.10. The largest absolute Gasteiger partial charge is 0.340 e. The third-order valence-electron chi connectivity index (χ3n) is 5.41. The molecule has 1 aromatic carbocycles. The summed E-state index contributed by atoms with van der Waals surface area (Å²) < 4.78 is 0. The zero-order valence-corrected chi connectivity index (χ0v) is 16.0. The van der Waals surface area contributed by atoms with E-state index in [0.717, 1.165) is 68.7 Å². The third-order valence-corrected chi connectivity index (χ3v) is 5.41. The van der Waals surface area contributed by atoms with Gasteiger partial charge in [-0.15, -0.1) is 0 Å². The monoisotopic (exact) mass is 354 g/mol. The highest BCUT2D eigenvalue weighted by atomic mass is 16.2. The summed E-state index contributed by atoms with van der Waals surface area (Å²) in [6, 6.07) is 8.22. The standard InChI is InChI=1S/C21H30N4O/c1-3-23-9-10-24(4-2)12-14-25(13-11-23)21(26)16-18-5-6-20-17-22-8-7-19(20)15-18/h5-8,15,17H,3-4,9-14,16H2,1-2H3. The molecule has 2 heterocycles. The van der Waals surface area contributed by atoms with Gasteiger partial charge in [0.15, 0.2) is 0 Å². The second-order valence-corrected chi connectivity index (χ2v) is 6.98. The Bertz CT molecular complexity index is 717. The van der Waals surface area contributed by atoms with E-state index in [0.29, 0.717) is 6.42 Å². The number of likely N-dealkylation sites (N-methyl/N-ethyl adjacent to an activating group) is 2. The summed E-state index contributed by atoms with van der Waals surface area (Å²) in [5.41, 5.74) is 1.08. The summed E-state index contributed by atoms with van der Waals surface area (Å²) >= 11 is 0. The van der Waals surface area contributed by atoms with Crippen molar-refractivity contribution in [3.63, 3.8) is 0 Å². The number of carbonyl (C=O) groups is 1. The van der Waals surface area contributed by atoms with Crippen molar-refractivity contribution in [2.24, 2.45) is 0 Å². The molecule has 0 bridgehead atoms. The lowest BCUT2D eigenvalue weighted by molar-refractivity contribution is -0.130. The maximum absolute atomic E-state index is 12.9. The first-order valence-corrected chi connectivity index (χ1v) is 9.74. The van der Waals surface area contributed by atoms with Crippen molar-refractivity contribution in [3.8, 4) is 0 Å². The highest BCUT2D eigenvalue weighted by molar-refractivity contribution is 5.84. The number of rotatable bonds is 4. The first-order chi connectivity index (χ1) is 12.7. The molecule has 3 rings (SSSR count). The molecule has 1 fully saturated rings. The Balaban J connectivity index is 1.69. The van der Waals surface area contributed by atoms with Crippen LogP contribution in [-0.2, 0) is 11.2 Å². The van der Waals surface area contributed by atoms with Gasteiger partial charge >= 0.3 is 0 Å². The molecule has 2 aromatic rings. The number of pyridine rings is 1. The zero-order valence-electron chi connectivity index (χ0n) is 16.0. The summed E-state index contributed by atoms with van der Waals surface area (Å²) in [4.78, 5) is 24.0. The van der Waals surface area contributed by atoms with Crippen molar-refractivity contribution in [1.29, 1.82) is 0 Å². The van der Waals surface area contributed by atoms with E-state index >= 15 is 0 Å². The van der Waals surface area contributed by atoms with Crippen LogP contribution in [0, 0.1) is 0 Å². The number of amides is 1. The van der Waals surface area contributed by atoms with Gasteiger partial charge in [0.1, 0.15) is 0 Å². The Labute approximate surface area is 156 Å². The van der Waals surface area contributed by atoms with Crippen LogP contribution < -0.4 is 0 Å². The molecule has 0 atom stereocenters. The van der Waals surface area contributed by atoms with Crippen LogP contribution in [0.25, 0.3) is 10.8 Å². The van der Waals surface area contributed by atoms with Crippen LogP contribution >= 0.6 is 0 Å². The molecule has 5 heteroatoms. The van der Waals surface area contributed by atoms with Crippen LogP contribution in [0.15, 0.2) is 36.7 Å². The van der Waals surface area contributed by atoms with E-state index < -0.39 is 0 Å². The Kier molecular flexibility index (Phi) is 6.58. The lowest BCUT2D eigenvalue weighted by atomic mass is 10.1. The van der Waals surface area contributed by atoms with E-state index in [-0.39, 0.29) is 5.91 Å². The van der Waals surface area contributed by atoms with Crippen LogP contribution in [0.3, 0.4) is 0 Å². The first kappa shape index (κ1) is 18.8. The molecule has 1 saturated heterocycles. The molecule has 1 aliphatic heterocycles. The van der Waals surface area contributed by atoms with Crippen LogP contribution in [0.2, 0.25) is 0 Å². The molecule has 0 N–H and O–H groups in total. The minimum Gasteiger partial charge on any atom is -0.340 e. The average molecular weight is 354 g/mol. The Morgan fingerprint density at radius 2 is 1.58 bits per heavy atom. The van der Waals surface area contributed by atoms with Crippen molar-refractivity contribution in [3.05, 3.63) is 42.2 Å². The van der Waals surface area contributed by atoms with Crippen molar-refractivity contribution >= 4 is 16.7 Å². The van der Waals surface area contributed by atoms with Gasteiger partial charge in [0, 0.05) is 57.0 Å². The number of carbonyl (C=O) groups excluding carboxylic acids is 1. The molecule has 140 valence electrons. The van der Waals surface area contributed by atoms with Gasteiger partial charge in [-0.3, -0.25) is 9.78 Å². The van der Waals surface area contributed by atoms with E-state index in [1.165, 1.54) is 0 Å². The predicted molar refractivity (Wildman–Crippen MR) is 106 cm³/mol. The molecule has 0 aliphatic carbocycles. The fraction of sp³-hybridized carbons (Fsp3) is 0.524. The van der Waals surface area contributed by atoms with Crippen molar-refractivity contribution in [2.75, 3.05) is 52.4 Å². The van der Waals surface area contributed by atoms with Gasteiger partial charge in [0.05, 0.1) is 6.42 Å². The van der Waals surface area contributed by atoms with Gasteiger partial charge in [-0.1, -0.05) is 32.0 Å². The normalized spacial score (nSPS) is 17.7. The molecule has 0 saturated carbocycles. The highest BCUT2D eigenvalue weighted by Crippen LogP contribution is 2.15. The fourth-order valence-corrected chi connectivity index (χ4v) is 3.55. The van der Waals surface area contributed by atoms with E-state index in [1.807, 2.05) is 17.2 Å².